The normalized spacial score (nSPS) is 11.4. The molecule has 8 nitrogen and oxygen atoms in total. The molecule has 3 aromatic rings. The van der Waals surface area contributed by atoms with Gasteiger partial charge in [0.2, 0.25) is 10.0 Å². The van der Waals surface area contributed by atoms with Crippen LogP contribution in [0.15, 0.2) is 56.6 Å². The second-order valence-corrected chi connectivity index (χ2v) is 8.50. The highest BCUT2D eigenvalue weighted by Gasteiger charge is 2.11. The molecule has 0 saturated heterocycles. The van der Waals surface area contributed by atoms with Crippen LogP contribution in [0.5, 0.6) is 5.75 Å². The van der Waals surface area contributed by atoms with Crippen molar-refractivity contribution in [3.63, 3.8) is 0 Å². The molecule has 1 heterocycles. The number of rotatable bonds is 7. The summed E-state index contributed by atoms with van der Waals surface area (Å²) in [6, 6.07) is 11.0. The van der Waals surface area contributed by atoms with E-state index in [1.54, 1.807) is 31.2 Å². The molecule has 0 aliphatic carbocycles. The van der Waals surface area contributed by atoms with Crippen molar-refractivity contribution in [3.05, 3.63) is 69.0 Å². The molecule has 3 rings (SSSR count). The van der Waals surface area contributed by atoms with Gasteiger partial charge in [-0.2, -0.15) is 0 Å². The predicted molar refractivity (Wildman–Crippen MR) is 112 cm³/mol. The number of ether oxygens (including phenoxy) is 1. The van der Waals surface area contributed by atoms with Crippen LogP contribution >= 0.6 is 11.6 Å². The van der Waals surface area contributed by atoms with E-state index in [2.05, 4.69) is 5.32 Å². The number of amides is 1. The first-order valence-electron chi connectivity index (χ1n) is 8.89. The Bertz CT molecular complexity index is 1250. The Kier molecular flexibility index (Phi) is 6.45. The molecule has 0 spiro atoms. The number of hydrogen-bond acceptors (Lipinski definition) is 6. The second kappa shape index (κ2) is 8.86. The van der Waals surface area contributed by atoms with Crippen LogP contribution in [-0.4, -0.2) is 27.5 Å². The number of primary sulfonamides is 1. The minimum absolute atomic E-state index is 0.0346. The maximum Gasteiger partial charge on any atom is 0.355 e. The number of carbonyl (C=O) groups is 1. The largest absolute Gasteiger partial charge is 0.484 e. The molecule has 1 amide bonds. The van der Waals surface area contributed by atoms with Gasteiger partial charge in [0.15, 0.2) is 6.61 Å². The summed E-state index contributed by atoms with van der Waals surface area (Å²) < 4.78 is 33.1. The molecule has 0 aliphatic heterocycles. The molecular formula is C20H19ClN2O6S. The van der Waals surface area contributed by atoms with E-state index in [9.17, 15) is 18.0 Å². The quantitative estimate of drug-likeness (QED) is 0.530. The zero-order chi connectivity index (χ0) is 21.9. The first-order valence-corrected chi connectivity index (χ1v) is 10.8. The Morgan fingerprint density at radius 1 is 1.20 bits per heavy atom. The maximum absolute atomic E-state index is 12.0. The number of halogens is 1. The Labute approximate surface area is 177 Å². The molecule has 0 radical (unpaired) electrons. The molecule has 2 aromatic carbocycles. The minimum atomic E-state index is -3.72. The molecule has 0 fully saturated rings. The highest BCUT2D eigenvalue weighted by atomic mass is 35.5. The van der Waals surface area contributed by atoms with Crippen molar-refractivity contribution in [2.75, 3.05) is 13.2 Å². The van der Waals surface area contributed by atoms with Crippen molar-refractivity contribution >= 4 is 38.5 Å². The van der Waals surface area contributed by atoms with Gasteiger partial charge >= 0.3 is 5.63 Å². The van der Waals surface area contributed by atoms with Crippen molar-refractivity contribution in [3.8, 4) is 5.75 Å². The number of nitrogens with one attached hydrogen (secondary N) is 1. The van der Waals surface area contributed by atoms with Crippen LogP contribution in [0.2, 0.25) is 5.02 Å². The Morgan fingerprint density at radius 3 is 2.57 bits per heavy atom. The van der Waals surface area contributed by atoms with Gasteiger partial charge in [-0.3, -0.25) is 4.79 Å². The monoisotopic (exact) mass is 450 g/mol. The van der Waals surface area contributed by atoms with E-state index < -0.39 is 15.6 Å². The van der Waals surface area contributed by atoms with Gasteiger partial charge in [0.05, 0.1) is 4.90 Å². The van der Waals surface area contributed by atoms with Crippen molar-refractivity contribution in [2.24, 2.45) is 5.14 Å². The molecule has 0 saturated carbocycles. The smallest absolute Gasteiger partial charge is 0.355 e. The third kappa shape index (κ3) is 5.18. The molecule has 0 atom stereocenters. The second-order valence-electron chi connectivity index (χ2n) is 6.56. The molecule has 158 valence electrons. The van der Waals surface area contributed by atoms with Crippen LogP contribution in [0.1, 0.15) is 11.1 Å². The summed E-state index contributed by atoms with van der Waals surface area (Å²) in [7, 11) is -3.72. The number of nitrogens with two attached hydrogens (primary N) is 1. The van der Waals surface area contributed by atoms with Crippen LogP contribution in [0.25, 0.3) is 11.0 Å². The average molecular weight is 451 g/mol. The topological polar surface area (TPSA) is 129 Å². The Hall–Kier alpha value is -2.88. The van der Waals surface area contributed by atoms with E-state index in [-0.39, 0.29) is 22.4 Å². The lowest BCUT2D eigenvalue weighted by molar-refractivity contribution is -0.123. The van der Waals surface area contributed by atoms with Gasteiger partial charge in [-0.25, -0.2) is 18.4 Å². The molecule has 0 bridgehead atoms. The number of carbonyl (C=O) groups excluding carboxylic acids is 1. The average Bonchev–Trinajstić information content (AvgIpc) is 2.70. The van der Waals surface area contributed by atoms with Crippen molar-refractivity contribution in [2.45, 2.75) is 18.2 Å². The first-order chi connectivity index (χ1) is 14.1. The van der Waals surface area contributed by atoms with Gasteiger partial charge in [-0.1, -0.05) is 23.7 Å². The van der Waals surface area contributed by atoms with Crippen LogP contribution < -0.4 is 20.8 Å². The third-order valence-electron chi connectivity index (χ3n) is 4.43. The van der Waals surface area contributed by atoms with E-state index in [4.69, 9.17) is 25.9 Å². The van der Waals surface area contributed by atoms with E-state index in [1.165, 1.54) is 18.2 Å². The van der Waals surface area contributed by atoms with E-state index in [0.29, 0.717) is 35.2 Å². The summed E-state index contributed by atoms with van der Waals surface area (Å²) in [4.78, 5) is 23.7. The van der Waals surface area contributed by atoms with Crippen LogP contribution in [0.3, 0.4) is 0 Å². The lowest BCUT2D eigenvalue weighted by Gasteiger charge is -2.09. The number of aryl methyl sites for hydroxylation is 1. The van der Waals surface area contributed by atoms with Gasteiger partial charge in [0, 0.05) is 18.0 Å². The van der Waals surface area contributed by atoms with E-state index in [0.717, 1.165) is 5.56 Å². The highest BCUT2D eigenvalue weighted by Crippen LogP contribution is 2.25. The first kappa shape index (κ1) is 21.8. The van der Waals surface area contributed by atoms with Crippen molar-refractivity contribution in [1.29, 1.82) is 0 Å². The third-order valence-corrected chi connectivity index (χ3v) is 5.79. The zero-order valence-electron chi connectivity index (χ0n) is 16.0. The van der Waals surface area contributed by atoms with Crippen molar-refractivity contribution in [1.82, 2.24) is 5.32 Å². The fourth-order valence-electron chi connectivity index (χ4n) is 2.79. The molecule has 30 heavy (non-hydrogen) atoms. The Balaban J connectivity index is 1.52. The minimum Gasteiger partial charge on any atom is -0.484 e. The summed E-state index contributed by atoms with van der Waals surface area (Å²) in [5, 5.41) is 8.49. The molecule has 1 aromatic heterocycles. The van der Waals surface area contributed by atoms with Crippen LogP contribution in [-0.2, 0) is 21.2 Å². The fourth-order valence-corrected chi connectivity index (χ4v) is 3.45. The van der Waals surface area contributed by atoms with Crippen LogP contribution in [0.4, 0.5) is 0 Å². The summed E-state index contributed by atoms with van der Waals surface area (Å²) in [5.74, 6) is 0.0473. The van der Waals surface area contributed by atoms with Gasteiger partial charge in [0.1, 0.15) is 16.4 Å². The molecule has 0 unspecified atom stereocenters. The van der Waals surface area contributed by atoms with Gasteiger partial charge in [0.25, 0.3) is 5.91 Å². The summed E-state index contributed by atoms with van der Waals surface area (Å²) in [6.07, 6.45) is 0.512. The lowest BCUT2D eigenvalue weighted by atomic mass is 10.1. The van der Waals surface area contributed by atoms with E-state index in [1.807, 2.05) is 0 Å². The maximum atomic E-state index is 12.0. The standard InChI is InChI=1S/C20H19ClN2O6S/c1-12-16-7-4-14(10-17(16)29-20(25)19(12)21)28-11-18(24)23-9-8-13-2-5-15(6-3-13)30(22,26)27/h2-7,10H,8-9,11H2,1H3,(H,23,24)(H2,22,26,27). The molecule has 0 aliphatic rings. The predicted octanol–water partition coefficient (Wildman–Crippen LogP) is 2.14. The van der Waals surface area contributed by atoms with E-state index >= 15 is 0 Å². The summed E-state index contributed by atoms with van der Waals surface area (Å²) in [5.41, 5.74) is 1.16. The fraction of sp³-hybridized carbons (Fsp3) is 0.200. The van der Waals surface area contributed by atoms with Crippen molar-refractivity contribution < 1.29 is 22.4 Å². The highest BCUT2D eigenvalue weighted by molar-refractivity contribution is 7.89. The molecule has 10 heteroatoms. The van der Waals surface area contributed by atoms with Gasteiger partial charge in [-0.05, 0) is 48.7 Å². The van der Waals surface area contributed by atoms with Crippen LogP contribution in [0, 0.1) is 6.92 Å². The van der Waals surface area contributed by atoms with Gasteiger partial charge in [-0.15, -0.1) is 0 Å². The summed E-state index contributed by atoms with van der Waals surface area (Å²) in [6.45, 7) is 1.85. The number of hydrogen-bond donors (Lipinski definition) is 2. The Morgan fingerprint density at radius 2 is 1.90 bits per heavy atom. The number of sulfonamides is 1. The zero-order valence-corrected chi connectivity index (χ0v) is 17.5. The SMILES string of the molecule is Cc1c(Cl)c(=O)oc2cc(OCC(=O)NCCc3ccc(S(N)(=O)=O)cc3)ccc12. The molecular weight excluding hydrogens is 432 g/mol. The summed E-state index contributed by atoms with van der Waals surface area (Å²) >= 11 is 5.90. The number of fused-ring (bicyclic) bond motifs is 1. The molecule has 3 N–H and O–H groups in total. The van der Waals surface area contributed by atoms with Gasteiger partial charge < -0.3 is 14.5 Å². The lowest BCUT2D eigenvalue weighted by Crippen LogP contribution is -2.30. The number of benzene rings is 2.